The van der Waals surface area contributed by atoms with Crippen LogP contribution in [0.2, 0.25) is 0 Å². The average Bonchev–Trinajstić information content (AvgIpc) is 2.01. The summed E-state index contributed by atoms with van der Waals surface area (Å²) in [6.45, 7) is 1.17. The van der Waals surface area contributed by atoms with Crippen LogP contribution < -0.4 is 11.5 Å². The van der Waals surface area contributed by atoms with Crippen molar-refractivity contribution < 1.29 is 0 Å². The minimum atomic E-state index is 0.584. The van der Waals surface area contributed by atoms with Gasteiger partial charge in [0.05, 0.1) is 0 Å². The number of nitrogens with two attached hydrogens (primary N) is 2. The SMILES string of the molecule is NC/C=C/C=C(I)\C=C\CN. The first kappa shape index (κ1) is 10.9. The normalized spacial score (nSPS) is 13.5. The van der Waals surface area contributed by atoms with E-state index < -0.39 is 0 Å². The molecular formula is C8H13IN2. The quantitative estimate of drug-likeness (QED) is 0.594. The zero-order chi connectivity index (χ0) is 8.53. The molecule has 0 amide bonds. The van der Waals surface area contributed by atoms with Gasteiger partial charge in [0.15, 0.2) is 0 Å². The molecule has 0 heterocycles. The lowest BCUT2D eigenvalue weighted by Gasteiger charge is -1.84. The summed E-state index contributed by atoms with van der Waals surface area (Å²) in [5.41, 5.74) is 10.5. The molecule has 0 atom stereocenters. The van der Waals surface area contributed by atoms with Gasteiger partial charge in [0, 0.05) is 16.7 Å². The van der Waals surface area contributed by atoms with Gasteiger partial charge in [0.2, 0.25) is 0 Å². The highest BCUT2D eigenvalue weighted by atomic mass is 127. The summed E-state index contributed by atoms with van der Waals surface area (Å²) in [6.07, 6.45) is 9.70. The maximum absolute atomic E-state index is 5.28. The van der Waals surface area contributed by atoms with Gasteiger partial charge in [-0.15, -0.1) is 0 Å². The van der Waals surface area contributed by atoms with Gasteiger partial charge in [-0.2, -0.15) is 0 Å². The number of halogens is 1. The molecule has 0 aliphatic rings. The van der Waals surface area contributed by atoms with Gasteiger partial charge in [-0.1, -0.05) is 24.3 Å². The van der Waals surface area contributed by atoms with Crippen LogP contribution in [-0.4, -0.2) is 13.1 Å². The second-order valence-electron chi connectivity index (χ2n) is 1.85. The third-order valence-electron chi connectivity index (χ3n) is 0.941. The fourth-order valence-corrected chi connectivity index (χ4v) is 0.937. The van der Waals surface area contributed by atoms with Crippen LogP contribution in [0.3, 0.4) is 0 Å². The van der Waals surface area contributed by atoms with E-state index in [0.717, 1.165) is 3.58 Å². The Morgan fingerprint density at radius 1 is 1.18 bits per heavy atom. The first-order valence-electron chi connectivity index (χ1n) is 3.40. The van der Waals surface area contributed by atoms with Gasteiger partial charge in [-0.05, 0) is 28.7 Å². The molecule has 0 saturated heterocycles. The molecule has 0 spiro atoms. The molecule has 2 nitrogen and oxygen atoms in total. The van der Waals surface area contributed by atoms with Crippen molar-refractivity contribution in [3.63, 3.8) is 0 Å². The molecule has 4 N–H and O–H groups in total. The first-order valence-corrected chi connectivity index (χ1v) is 4.48. The Balaban J connectivity index is 3.80. The summed E-state index contributed by atoms with van der Waals surface area (Å²) in [6, 6.07) is 0. The van der Waals surface area contributed by atoms with Gasteiger partial charge >= 0.3 is 0 Å². The maximum atomic E-state index is 5.28. The highest BCUT2D eigenvalue weighted by molar-refractivity contribution is 14.1. The molecular weight excluding hydrogens is 251 g/mol. The van der Waals surface area contributed by atoms with E-state index in [4.69, 9.17) is 11.5 Å². The van der Waals surface area contributed by atoms with Gasteiger partial charge in [0.1, 0.15) is 0 Å². The Hall–Kier alpha value is -0.130. The molecule has 11 heavy (non-hydrogen) atoms. The second-order valence-corrected chi connectivity index (χ2v) is 3.10. The van der Waals surface area contributed by atoms with E-state index in [1.807, 2.05) is 30.4 Å². The van der Waals surface area contributed by atoms with E-state index >= 15 is 0 Å². The molecule has 0 aromatic heterocycles. The number of hydrogen-bond donors (Lipinski definition) is 2. The fourth-order valence-electron chi connectivity index (χ4n) is 0.475. The van der Waals surface area contributed by atoms with Crippen LogP contribution in [0.5, 0.6) is 0 Å². The van der Waals surface area contributed by atoms with E-state index in [2.05, 4.69) is 22.6 Å². The lowest BCUT2D eigenvalue weighted by molar-refractivity contribution is 1.25. The summed E-state index contributed by atoms with van der Waals surface area (Å²) in [4.78, 5) is 0. The lowest BCUT2D eigenvalue weighted by Crippen LogP contribution is -1.92. The van der Waals surface area contributed by atoms with Gasteiger partial charge in [-0.3, -0.25) is 0 Å². The average molecular weight is 264 g/mol. The molecule has 62 valence electrons. The third kappa shape index (κ3) is 7.77. The van der Waals surface area contributed by atoms with Crippen LogP contribution in [0, 0.1) is 0 Å². The standard InChI is InChI=1S/C8H13IN2/c9-8(5-3-7-11)4-1-2-6-10/h1-5H,6-7,10-11H2/b2-1+,5-3+,8-4+. The van der Waals surface area contributed by atoms with E-state index in [1.54, 1.807) is 0 Å². The van der Waals surface area contributed by atoms with Crippen LogP contribution in [0.4, 0.5) is 0 Å². The highest BCUT2D eigenvalue weighted by Crippen LogP contribution is 2.06. The van der Waals surface area contributed by atoms with Crippen LogP contribution in [0.15, 0.2) is 34.0 Å². The summed E-state index contributed by atoms with van der Waals surface area (Å²) in [7, 11) is 0. The molecule has 0 rings (SSSR count). The zero-order valence-corrected chi connectivity index (χ0v) is 8.49. The van der Waals surface area contributed by atoms with Crippen molar-refractivity contribution in [2.24, 2.45) is 11.5 Å². The van der Waals surface area contributed by atoms with Crippen LogP contribution in [0.1, 0.15) is 0 Å². The fraction of sp³-hybridized carbons (Fsp3) is 0.250. The minimum Gasteiger partial charge on any atom is -0.327 e. The predicted octanol–water partition coefficient (Wildman–Crippen LogP) is 1.34. The maximum Gasteiger partial charge on any atom is 0.0127 e. The van der Waals surface area contributed by atoms with E-state index in [1.165, 1.54) is 0 Å². The molecule has 0 bridgehead atoms. The smallest absolute Gasteiger partial charge is 0.0127 e. The van der Waals surface area contributed by atoms with Crippen molar-refractivity contribution in [2.75, 3.05) is 13.1 Å². The summed E-state index contributed by atoms with van der Waals surface area (Å²) in [5.74, 6) is 0. The van der Waals surface area contributed by atoms with Crippen molar-refractivity contribution in [2.45, 2.75) is 0 Å². The minimum absolute atomic E-state index is 0.584. The van der Waals surface area contributed by atoms with Crippen LogP contribution >= 0.6 is 22.6 Å². The van der Waals surface area contributed by atoms with Crippen molar-refractivity contribution in [3.8, 4) is 0 Å². The van der Waals surface area contributed by atoms with Crippen molar-refractivity contribution in [1.29, 1.82) is 0 Å². The monoisotopic (exact) mass is 264 g/mol. The van der Waals surface area contributed by atoms with E-state index in [0.29, 0.717) is 13.1 Å². The number of rotatable bonds is 4. The Morgan fingerprint density at radius 3 is 2.36 bits per heavy atom. The molecule has 0 aromatic carbocycles. The molecule has 0 aromatic rings. The molecule has 0 aliphatic heterocycles. The lowest BCUT2D eigenvalue weighted by atomic mass is 10.4. The Bertz CT molecular complexity index is 171. The molecule has 0 fully saturated rings. The molecule has 0 unspecified atom stereocenters. The molecule has 0 saturated carbocycles. The summed E-state index contributed by atoms with van der Waals surface area (Å²) in [5, 5.41) is 0. The Labute approximate surface area is 81.2 Å². The van der Waals surface area contributed by atoms with Crippen LogP contribution in [-0.2, 0) is 0 Å². The van der Waals surface area contributed by atoms with E-state index in [-0.39, 0.29) is 0 Å². The van der Waals surface area contributed by atoms with Crippen molar-refractivity contribution in [3.05, 3.63) is 34.0 Å². The van der Waals surface area contributed by atoms with Crippen molar-refractivity contribution >= 4 is 22.6 Å². The van der Waals surface area contributed by atoms with Gasteiger partial charge in [0.25, 0.3) is 0 Å². The zero-order valence-electron chi connectivity index (χ0n) is 6.33. The summed E-state index contributed by atoms with van der Waals surface area (Å²) < 4.78 is 1.15. The Morgan fingerprint density at radius 2 is 1.82 bits per heavy atom. The third-order valence-corrected chi connectivity index (χ3v) is 1.66. The topological polar surface area (TPSA) is 52.0 Å². The summed E-state index contributed by atoms with van der Waals surface area (Å²) >= 11 is 2.23. The second kappa shape index (κ2) is 7.97. The highest BCUT2D eigenvalue weighted by Gasteiger charge is 1.77. The number of hydrogen-bond acceptors (Lipinski definition) is 2. The largest absolute Gasteiger partial charge is 0.327 e. The number of allylic oxidation sites excluding steroid dienone is 4. The Kier molecular flexibility index (Phi) is 7.88. The van der Waals surface area contributed by atoms with Gasteiger partial charge < -0.3 is 11.5 Å². The first-order chi connectivity index (χ1) is 5.31. The predicted molar refractivity (Wildman–Crippen MR) is 58.5 cm³/mol. The van der Waals surface area contributed by atoms with Crippen LogP contribution in [0.25, 0.3) is 0 Å². The molecule has 0 aliphatic carbocycles. The van der Waals surface area contributed by atoms with E-state index in [9.17, 15) is 0 Å². The van der Waals surface area contributed by atoms with Crippen molar-refractivity contribution in [1.82, 2.24) is 0 Å². The molecule has 0 radical (unpaired) electrons. The van der Waals surface area contributed by atoms with Gasteiger partial charge in [-0.25, -0.2) is 0 Å². The molecule has 3 heteroatoms.